The number of benzene rings is 2. The quantitative estimate of drug-likeness (QED) is 0.334. The number of hydrogen-bond donors (Lipinski definition) is 1. The van der Waals surface area contributed by atoms with Crippen molar-refractivity contribution in [1.29, 1.82) is 0 Å². The number of rotatable bonds is 6. The van der Waals surface area contributed by atoms with E-state index in [-0.39, 0.29) is 11.4 Å². The highest BCUT2D eigenvalue weighted by Crippen LogP contribution is 2.38. The molecule has 206 valence electrons. The molecule has 4 heterocycles. The Morgan fingerprint density at radius 2 is 1.85 bits per heavy atom. The van der Waals surface area contributed by atoms with Gasteiger partial charge in [0.15, 0.2) is 17.4 Å². The topological polar surface area (TPSA) is 78.9 Å². The predicted molar refractivity (Wildman–Crippen MR) is 155 cm³/mol. The number of ether oxygens (including phenoxy) is 2. The molecule has 2 aliphatic heterocycles. The third-order valence-electron chi connectivity index (χ3n) is 7.09. The van der Waals surface area contributed by atoms with E-state index in [1.54, 1.807) is 19.5 Å². The minimum atomic E-state index is -0.447. The molecule has 11 heteroatoms. The summed E-state index contributed by atoms with van der Waals surface area (Å²) in [5.41, 5.74) is 3.04. The van der Waals surface area contributed by atoms with Crippen LogP contribution < -0.4 is 24.6 Å². The van der Waals surface area contributed by atoms with Crippen LogP contribution in [0.1, 0.15) is 0 Å². The molecule has 9 nitrogen and oxygen atoms in total. The van der Waals surface area contributed by atoms with Crippen LogP contribution in [-0.2, 0) is 0 Å². The molecular weight excluding hydrogens is 533 g/mol. The summed E-state index contributed by atoms with van der Waals surface area (Å²) in [6, 6.07) is 14.3. The smallest absolute Gasteiger partial charge is 0.180 e. The molecule has 40 heavy (non-hydrogen) atoms. The summed E-state index contributed by atoms with van der Waals surface area (Å²) in [7, 11) is 3.84. The van der Waals surface area contributed by atoms with Gasteiger partial charge in [-0.2, -0.15) is 0 Å². The third kappa shape index (κ3) is 5.32. The molecule has 0 atom stereocenters. The van der Waals surface area contributed by atoms with Gasteiger partial charge in [0.25, 0.3) is 0 Å². The monoisotopic (exact) mass is 561 g/mol. The molecule has 6 rings (SSSR count). The van der Waals surface area contributed by atoms with Crippen molar-refractivity contribution < 1.29 is 13.9 Å². The van der Waals surface area contributed by atoms with E-state index >= 15 is 0 Å². The first-order valence-electron chi connectivity index (χ1n) is 13.1. The highest BCUT2D eigenvalue weighted by molar-refractivity contribution is 6.30. The molecule has 2 aromatic carbocycles. The van der Waals surface area contributed by atoms with Crippen molar-refractivity contribution in [3.63, 3.8) is 0 Å². The van der Waals surface area contributed by atoms with Crippen molar-refractivity contribution in [3.8, 4) is 22.9 Å². The van der Waals surface area contributed by atoms with Crippen LogP contribution in [0.2, 0.25) is 5.02 Å². The fourth-order valence-electron chi connectivity index (χ4n) is 4.93. The number of nitrogens with one attached hydrogen (secondary N) is 1. The van der Waals surface area contributed by atoms with Gasteiger partial charge in [-0.05, 0) is 43.4 Å². The van der Waals surface area contributed by atoms with E-state index in [2.05, 4.69) is 43.2 Å². The van der Waals surface area contributed by atoms with E-state index in [1.807, 2.05) is 29.2 Å². The lowest BCUT2D eigenvalue weighted by molar-refractivity contribution is 0.310. The Hall–Kier alpha value is -4.15. The number of halogens is 2. The van der Waals surface area contributed by atoms with Crippen LogP contribution in [-0.4, -0.2) is 73.3 Å². The van der Waals surface area contributed by atoms with Gasteiger partial charge in [0.1, 0.15) is 24.0 Å². The lowest BCUT2D eigenvalue weighted by Gasteiger charge is -2.34. The molecule has 0 radical (unpaired) electrons. The van der Waals surface area contributed by atoms with Crippen LogP contribution in [0.5, 0.6) is 11.5 Å². The number of aromatic nitrogens is 3. The van der Waals surface area contributed by atoms with Crippen molar-refractivity contribution >= 4 is 40.3 Å². The maximum Gasteiger partial charge on any atom is 0.180 e. The lowest BCUT2D eigenvalue weighted by atomic mass is 10.2. The normalized spacial score (nSPS) is 15.4. The van der Waals surface area contributed by atoms with Crippen molar-refractivity contribution in [2.45, 2.75) is 0 Å². The van der Waals surface area contributed by atoms with Crippen LogP contribution in [0, 0.1) is 5.82 Å². The van der Waals surface area contributed by atoms with Crippen LogP contribution in [0.15, 0.2) is 60.9 Å². The maximum atomic E-state index is 14.6. The first kappa shape index (κ1) is 26.1. The van der Waals surface area contributed by atoms with Gasteiger partial charge >= 0.3 is 0 Å². The molecule has 0 aliphatic carbocycles. The number of likely N-dealkylation sites (N-methyl/N-ethyl adjacent to an activating group) is 1. The van der Waals surface area contributed by atoms with Gasteiger partial charge in [-0.15, -0.1) is 0 Å². The van der Waals surface area contributed by atoms with E-state index in [0.29, 0.717) is 35.6 Å². The molecule has 1 N–H and O–H groups in total. The Morgan fingerprint density at radius 3 is 2.67 bits per heavy atom. The number of methoxy groups -OCH3 is 1. The zero-order valence-corrected chi connectivity index (χ0v) is 23.0. The highest BCUT2D eigenvalue weighted by Gasteiger charge is 2.24. The fourth-order valence-corrected chi connectivity index (χ4v) is 5.10. The van der Waals surface area contributed by atoms with Crippen LogP contribution in [0.25, 0.3) is 11.4 Å². The number of hydrogen-bond acceptors (Lipinski definition) is 9. The fraction of sp³-hybridized carbons (Fsp3) is 0.276. The number of nitrogens with zero attached hydrogens (tertiary/aromatic N) is 6. The first-order valence-corrected chi connectivity index (χ1v) is 13.4. The molecule has 4 aromatic rings. The van der Waals surface area contributed by atoms with Crippen LogP contribution in [0.4, 0.5) is 33.1 Å². The zero-order valence-electron chi connectivity index (χ0n) is 22.3. The van der Waals surface area contributed by atoms with Gasteiger partial charge < -0.3 is 29.5 Å². The molecule has 0 bridgehead atoms. The highest BCUT2D eigenvalue weighted by atomic mass is 35.5. The summed E-state index contributed by atoms with van der Waals surface area (Å²) in [5.74, 6) is 2.32. The summed E-state index contributed by atoms with van der Waals surface area (Å²) in [6.45, 7) is 4.96. The molecule has 0 amide bonds. The minimum Gasteiger partial charge on any atom is -0.495 e. The van der Waals surface area contributed by atoms with Crippen molar-refractivity contribution in [1.82, 2.24) is 19.9 Å². The Kier molecular flexibility index (Phi) is 7.27. The van der Waals surface area contributed by atoms with Gasteiger partial charge in [0, 0.05) is 60.9 Å². The summed E-state index contributed by atoms with van der Waals surface area (Å²) in [4.78, 5) is 20.2. The number of anilines is 5. The standard InChI is InChI=1S/C29H29ClFN7O2/c1-36-9-11-37(12-10-36)24-6-4-20(16-25(24)39-2)34-27-17-21(7-8-32-27)38-13-14-40-26-18-33-28(35-29(26)38)22-15-19(30)3-5-23(22)31/h3-8,15-18H,9-14H2,1-2H3,(H,32,34). The van der Waals surface area contributed by atoms with Gasteiger partial charge in [-0.3, -0.25) is 0 Å². The Balaban J connectivity index is 1.26. The summed E-state index contributed by atoms with van der Waals surface area (Å²) in [5, 5.41) is 3.80. The second-order valence-corrected chi connectivity index (χ2v) is 10.1. The molecular formula is C29H29ClFN7O2. The van der Waals surface area contributed by atoms with E-state index in [9.17, 15) is 4.39 Å². The van der Waals surface area contributed by atoms with Gasteiger partial charge in [0.2, 0.25) is 0 Å². The number of fused-ring (bicyclic) bond motifs is 1. The first-order chi connectivity index (χ1) is 19.5. The molecule has 1 saturated heterocycles. The maximum absolute atomic E-state index is 14.6. The van der Waals surface area contributed by atoms with E-state index in [4.69, 9.17) is 21.1 Å². The minimum absolute atomic E-state index is 0.229. The Labute approximate surface area is 237 Å². The number of piperazine rings is 1. The van der Waals surface area contributed by atoms with E-state index in [1.165, 1.54) is 18.2 Å². The summed E-state index contributed by atoms with van der Waals surface area (Å²) >= 11 is 6.11. The van der Waals surface area contributed by atoms with E-state index < -0.39 is 5.82 Å². The van der Waals surface area contributed by atoms with Crippen molar-refractivity contribution in [2.75, 3.05) is 68.6 Å². The van der Waals surface area contributed by atoms with Gasteiger partial charge in [0.05, 0.1) is 31.1 Å². The molecule has 0 saturated carbocycles. The molecule has 2 aliphatic rings. The molecule has 0 unspecified atom stereocenters. The lowest BCUT2D eigenvalue weighted by Crippen LogP contribution is -2.44. The molecule has 1 fully saturated rings. The third-order valence-corrected chi connectivity index (χ3v) is 7.32. The summed E-state index contributed by atoms with van der Waals surface area (Å²) in [6.07, 6.45) is 3.31. The Morgan fingerprint density at radius 1 is 1.00 bits per heavy atom. The number of pyridine rings is 1. The van der Waals surface area contributed by atoms with Crippen molar-refractivity contribution in [2.24, 2.45) is 0 Å². The van der Waals surface area contributed by atoms with Gasteiger partial charge in [-0.25, -0.2) is 19.3 Å². The molecule has 2 aromatic heterocycles. The Bertz CT molecular complexity index is 1530. The largest absolute Gasteiger partial charge is 0.495 e. The van der Waals surface area contributed by atoms with E-state index in [0.717, 1.165) is 49.0 Å². The second-order valence-electron chi connectivity index (χ2n) is 9.71. The van der Waals surface area contributed by atoms with Crippen LogP contribution in [0.3, 0.4) is 0 Å². The average molecular weight is 562 g/mol. The SMILES string of the molecule is COc1cc(Nc2cc(N3CCOc4cnc(-c5cc(Cl)ccc5F)nc43)ccn2)ccc1N1CCN(C)CC1. The predicted octanol–water partition coefficient (Wildman–Crippen LogP) is 5.37. The summed E-state index contributed by atoms with van der Waals surface area (Å²) < 4.78 is 26.1. The second kappa shape index (κ2) is 11.1. The van der Waals surface area contributed by atoms with Crippen LogP contribution >= 0.6 is 11.6 Å². The molecule has 0 spiro atoms. The van der Waals surface area contributed by atoms with Crippen molar-refractivity contribution in [3.05, 3.63) is 71.8 Å². The van der Waals surface area contributed by atoms with Gasteiger partial charge in [-0.1, -0.05) is 11.6 Å². The zero-order chi connectivity index (χ0) is 27.6. The average Bonchev–Trinajstić information content (AvgIpc) is 2.98.